The van der Waals surface area contributed by atoms with E-state index in [0.717, 1.165) is 45.4 Å². The first-order chi connectivity index (χ1) is 8.29. The molecule has 0 aromatic heterocycles. The van der Waals surface area contributed by atoms with E-state index in [1.165, 1.54) is 6.42 Å². The van der Waals surface area contributed by atoms with Crippen molar-refractivity contribution in [3.8, 4) is 0 Å². The molecule has 4 nitrogen and oxygen atoms in total. The second-order valence-electron chi connectivity index (χ2n) is 5.22. The summed E-state index contributed by atoms with van der Waals surface area (Å²) in [5.74, 6) is 0.482. The molecular formula is C13H23NO3. The van der Waals surface area contributed by atoms with Crippen molar-refractivity contribution in [2.24, 2.45) is 5.92 Å². The second kappa shape index (κ2) is 6.36. The molecule has 2 aliphatic rings. The van der Waals surface area contributed by atoms with Crippen LogP contribution in [0.5, 0.6) is 0 Å². The minimum absolute atomic E-state index is 0.130. The number of carbonyl (C=O) groups is 1. The summed E-state index contributed by atoms with van der Waals surface area (Å²) in [5.41, 5.74) is 0. The number of aliphatic hydroxyl groups is 1. The van der Waals surface area contributed by atoms with Gasteiger partial charge in [0, 0.05) is 26.3 Å². The minimum Gasteiger partial charge on any atom is -0.396 e. The number of hydrogen-bond donors (Lipinski definition) is 1. The monoisotopic (exact) mass is 241 g/mol. The molecule has 2 saturated heterocycles. The number of rotatable bonds is 3. The predicted molar refractivity (Wildman–Crippen MR) is 64.6 cm³/mol. The number of nitrogens with zero attached hydrogens (tertiary/aromatic N) is 1. The van der Waals surface area contributed by atoms with Gasteiger partial charge < -0.3 is 14.7 Å². The lowest BCUT2D eigenvalue weighted by atomic mass is 9.98. The van der Waals surface area contributed by atoms with E-state index in [-0.39, 0.29) is 24.5 Å². The Balaban J connectivity index is 1.78. The number of likely N-dealkylation sites (tertiary alicyclic amines) is 1. The third-order valence-electron chi connectivity index (χ3n) is 3.81. The number of amides is 1. The fraction of sp³-hybridized carbons (Fsp3) is 0.923. The van der Waals surface area contributed by atoms with Gasteiger partial charge in [-0.2, -0.15) is 0 Å². The highest BCUT2D eigenvalue weighted by Gasteiger charge is 2.26. The van der Waals surface area contributed by atoms with Gasteiger partial charge in [0.1, 0.15) is 0 Å². The first kappa shape index (κ1) is 12.8. The topological polar surface area (TPSA) is 49.8 Å². The van der Waals surface area contributed by atoms with Crippen LogP contribution >= 0.6 is 0 Å². The normalized spacial score (nSPS) is 30.3. The minimum atomic E-state index is 0.130. The summed E-state index contributed by atoms with van der Waals surface area (Å²) < 4.78 is 5.60. The maximum absolute atomic E-state index is 12.1. The Morgan fingerprint density at radius 3 is 2.88 bits per heavy atom. The van der Waals surface area contributed by atoms with Crippen LogP contribution in [0.2, 0.25) is 0 Å². The molecule has 0 radical (unpaired) electrons. The molecule has 0 aromatic rings. The molecule has 2 aliphatic heterocycles. The maximum Gasteiger partial charge on any atom is 0.225 e. The van der Waals surface area contributed by atoms with Crippen molar-refractivity contribution in [1.29, 1.82) is 0 Å². The van der Waals surface area contributed by atoms with Crippen LogP contribution in [0.1, 0.15) is 38.5 Å². The van der Waals surface area contributed by atoms with Gasteiger partial charge in [-0.15, -0.1) is 0 Å². The Morgan fingerprint density at radius 2 is 2.18 bits per heavy atom. The second-order valence-corrected chi connectivity index (χ2v) is 5.22. The molecule has 0 saturated carbocycles. The highest BCUT2D eigenvalue weighted by Crippen LogP contribution is 2.20. The SMILES string of the molecule is O=C(CC1CCCCO1)N1CCCC(CO)C1. The lowest BCUT2D eigenvalue weighted by molar-refractivity contribution is -0.137. The molecule has 2 atom stereocenters. The van der Waals surface area contributed by atoms with E-state index >= 15 is 0 Å². The lowest BCUT2D eigenvalue weighted by Crippen LogP contribution is -2.42. The van der Waals surface area contributed by atoms with Gasteiger partial charge in [0.15, 0.2) is 0 Å². The molecule has 2 heterocycles. The summed E-state index contributed by atoms with van der Waals surface area (Å²) in [6.45, 7) is 2.57. The fourth-order valence-corrected chi connectivity index (χ4v) is 2.73. The van der Waals surface area contributed by atoms with Crippen LogP contribution in [0, 0.1) is 5.92 Å². The molecule has 2 unspecified atom stereocenters. The van der Waals surface area contributed by atoms with Crippen molar-refractivity contribution >= 4 is 5.91 Å². The van der Waals surface area contributed by atoms with Crippen LogP contribution in [-0.2, 0) is 9.53 Å². The largest absolute Gasteiger partial charge is 0.396 e. The summed E-state index contributed by atoms with van der Waals surface area (Å²) in [6.07, 6.45) is 6.04. The molecule has 1 N–H and O–H groups in total. The molecule has 1 amide bonds. The predicted octanol–water partition coefficient (Wildman–Crippen LogP) is 1.18. The van der Waals surface area contributed by atoms with Gasteiger partial charge in [-0.1, -0.05) is 0 Å². The number of hydrogen-bond acceptors (Lipinski definition) is 3. The Labute approximate surface area is 103 Å². The molecule has 98 valence electrons. The maximum atomic E-state index is 12.1. The Hall–Kier alpha value is -0.610. The molecular weight excluding hydrogens is 218 g/mol. The van der Waals surface area contributed by atoms with Crippen LogP contribution in [0.3, 0.4) is 0 Å². The molecule has 4 heteroatoms. The van der Waals surface area contributed by atoms with Gasteiger partial charge in [0.2, 0.25) is 5.91 Å². The fourth-order valence-electron chi connectivity index (χ4n) is 2.73. The van der Waals surface area contributed by atoms with E-state index in [4.69, 9.17) is 9.84 Å². The molecule has 0 bridgehead atoms. The van der Waals surface area contributed by atoms with Crippen molar-refractivity contribution < 1.29 is 14.6 Å². The Morgan fingerprint density at radius 1 is 1.29 bits per heavy atom. The number of ether oxygens (including phenoxy) is 1. The standard InChI is InChI=1S/C13H23NO3/c15-10-11-4-3-6-14(9-11)13(16)8-12-5-1-2-7-17-12/h11-12,15H,1-10H2. The zero-order chi connectivity index (χ0) is 12.1. The lowest BCUT2D eigenvalue weighted by Gasteiger charge is -2.33. The van der Waals surface area contributed by atoms with E-state index in [1.54, 1.807) is 0 Å². The van der Waals surface area contributed by atoms with Gasteiger partial charge in [-0.25, -0.2) is 0 Å². The Kier molecular flexibility index (Phi) is 4.80. The third-order valence-corrected chi connectivity index (χ3v) is 3.81. The van der Waals surface area contributed by atoms with Crippen LogP contribution in [0.25, 0.3) is 0 Å². The molecule has 0 spiro atoms. The summed E-state index contributed by atoms with van der Waals surface area (Å²) in [5, 5.41) is 9.15. The van der Waals surface area contributed by atoms with Crippen molar-refractivity contribution in [3.63, 3.8) is 0 Å². The molecule has 2 fully saturated rings. The van der Waals surface area contributed by atoms with Crippen molar-refractivity contribution in [1.82, 2.24) is 4.90 Å². The van der Waals surface area contributed by atoms with Crippen molar-refractivity contribution in [2.45, 2.75) is 44.6 Å². The third kappa shape index (κ3) is 3.68. The smallest absolute Gasteiger partial charge is 0.225 e. The average molecular weight is 241 g/mol. The van der Waals surface area contributed by atoms with Crippen LogP contribution in [0.4, 0.5) is 0 Å². The summed E-state index contributed by atoms with van der Waals surface area (Å²) in [7, 11) is 0. The highest BCUT2D eigenvalue weighted by molar-refractivity contribution is 5.76. The van der Waals surface area contributed by atoms with Crippen LogP contribution in [-0.4, -0.2) is 48.3 Å². The van der Waals surface area contributed by atoms with E-state index in [9.17, 15) is 4.79 Å². The van der Waals surface area contributed by atoms with Gasteiger partial charge in [0.25, 0.3) is 0 Å². The number of piperidine rings is 1. The van der Waals surface area contributed by atoms with Gasteiger partial charge in [0.05, 0.1) is 12.5 Å². The number of carbonyl (C=O) groups excluding carboxylic acids is 1. The molecule has 0 aromatic carbocycles. The van der Waals surface area contributed by atoms with Crippen LogP contribution < -0.4 is 0 Å². The van der Waals surface area contributed by atoms with Crippen molar-refractivity contribution in [3.05, 3.63) is 0 Å². The molecule has 2 rings (SSSR count). The number of aliphatic hydroxyl groups excluding tert-OH is 1. The zero-order valence-corrected chi connectivity index (χ0v) is 10.4. The van der Waals surface area contributed by atoms with E-state index in [1.807, 2.05) is 4.90 Å². The van der Waals surface area contributed by atoms with Gasteiger partial charge in [-0.3, -0.25) is 4.79 Å². The van der Waals surface area contributed by atoms with Gasteiger partial charge in [-0.05, 0) is 38.0 Å². The van der Waals surface area contributed by atoms with E-state index in [0.29, 0.717) is 6.42 Å². The molecule has 0 aliphatic carbocycles. The van der Waals surface area contributed by atoms with Crippen molar-refractivity contribution in [2.75, 3.05) is 26.3 Å². The summed E-state index contributed by atoms with van der Waals surface area (Å²) in [4.78, 5) is 14.0. The first-order valence-electron chi connectivity index (χ1n) is 6.80. The zero-order valence-electron chi connectivity index (χ0n) is 10.4. The quantitative estimate of drug-likeness (QED) is 0.807. The molecule has 17 heavy (non-hydrogen) atoms. The van der Waals surface area contributed by atoms with E-state index < -0.39 is 0 Å². The van der Waals surface area contributed by atoms with Crippen LogP contribution in [0.15, 0.2) is 0 Å². The van der Waals surface area contributed by atoms with E-state index in [2.05, 4.69) is 0 Å². The highest BCUT2D eigenvalue weighted by atomic mass is 16.5. The average Bonchev–Trinajstić information content (AvgIpc) is 2.40. The Bertz CT molecular complexity index is 251. The summed E-state index contributed by atoms with van der Waals surface area (Å²) >= 11 is 0. The van der Waals surface area contributed by atoms with Gasteiger partial charge >= 0.3 is 0 Å². The first-order valence-corrected chi connectivity index (χ1v) is 6.80. The summed E-state index contributed by atoms with van der Waals surface area (Å²) in [6, 6.07) is 0.